The van der Waals surface area contributed by atoms with Crippen LogP contribution >= 0.6 is 11.3 Å². The number of rotatable bonds is 9. The van der Waals surface area contributed by atoms with Gasteiger partial charge in [0.15, 0.2) is 17.5 Å². The number of nitrogens with zero attached hydrogens (tertiary/aromatic N) is 1. The van der Waals surface area contributed by atoms with Gasteiger partial charge in [-0.15, -0.1) is 11.3 Å². The molecule has 1 aromatic heterocycles. The quantitative estimate of drug-likeness (QED) is 0.508. The first-order chi connectivity index (χ1) is 12.6. The second-order valence-electron chi connectivity index (χ2n) is 5.18. The van der Waals surface area contributed by atoms with Crippen molar-refractivity contribution in [3.63, 3.8) is 0 Å². The number of nitrogens with one attached hydrogen (secondary N) is 2. The Bertz CT molecular complexity index is 694. The number of guanidine groups is 1. The standard InChI is InChI=1S/C18H23F2N3O2S/c1-3-21-18(23-12-14-8-6-10-26-14)22-11-13-7-5-9-15(24-4-2)16(13)25-17(19)20/h5-10,17H,3-4,11-12H2,1-2H3,(H2,21,22,23). The highest BCUT2D eigenvalue weighted by Gasteiger charge is 2.15. The molecule has 0 aliphatic carbocycles. The Balaban J connectivity index is 2.14. The van der Waals surface area contributed by atoms with E-state index >= 15 is 0 Å². The van der Waals surface area contributed by atoms with Gasteiger partial charge >= 0.3 is 6.61 Å². The fourth-order valence-corrected chi connectivity index (χ4v) is 2.91. The third-order valence-electron chi connectivity index (χ3n) is 3.33. The lowest BCUT2D eigenvalue weighted by Crippen LogP contribution is -2.36. The van der Waals surface area contributed by atoms with Crippen LogP contribution in [-0.2, 0) is 13.1 Å². The maximum absolute atomic E-state index is 12.8. The second kappa shape index (κ2) is 10.6. The van der Waals surface area contributed by atoms with Gasteiger partial charge in [0.25, 0.3) is 0 Å². The van der Waals surface area contributed by atoms with Gasteiger partial charge in [-0.3, -0.25) is 0 Å². The molecule has 8 heteroatoms. The highest BCUT2D eigenvalue weighted by atomic mass is 32.1. The fraction of sp³-hybridized carbons (Fsp3) is 0.389. The van der Waals surface area contributed by atoms with E-state index < -0.39 is 6.61 Å². The average Bonchev–Trinajstić information content (AvgIpc) is 3.13. The molecular formula is C18H23F2N3O2S. The molecule has 0 fully saturated rings. The third kappa shape index (κ3) is 6.18. The number of ether oxygens (including phenoxy) is 2. The number of aliphatic imine (C=N–C) groups is 1. The monoisotopic (exact) mass is 383 g/mol. The summed E-state index contributed by atoms with van der Waals surface area (Å²) in [6.45, 7) is 2.70. The molecule has 2 rings (SSSR count). The molecule has 0 saturated carbocycles. The molecule has 2 N–H and O–H groups in total. The van der Waals surface area contributed by atoms with Gasteiger partial charge in [-0.1, -0.05) is 18.2 Å². The van der Waals surface area contributed by atoms with E-state index in [4.69, 9.17) is 4.74 Å². The number of para-hydroxylation sites is 1. The molecule has 0 aliphatic rings. The zero-order valence-electron chi connectivity index (χ0n) is 14.8. The van der Waals surface area contributed by atoms with Crippen LogP contribution < -0.4 is 20.1 Å². The molecular weight excluding hydrogens is 360 g/mol. The molecule has 1 heterocycles. The van der Waals surface area contributed by atoms with Crippen LogP contribution in [0.1, 0.15) is 24.3 Å². The van der Waals surface area contributed by atoms with E-state index in [9.17, 15) is 8.78 Å². The van der Waals surface area contributed by atoms with E-state index in [1.807, 2.05) is 24.4 Å². The average molecular weight is 383 g/mol. The number of alkyl halides is 2. The van der Waals surface area contributed by atoms with Crippen molar-refractivity contribution in [2.24, 2.45) is 4.99 Å². The van der Waals surface area contributed by atoms with Crippen LogP contribution in [0.2, 0.25) is 0 Å². The minimum Gasteiger partial charge on any atom is -0.490 e. The lowest BCUT2D eigenvalue weighted by atomic mass is 10.2. The molecule has 0 atom stereocenters. The molecule has 2 aromatic rings. The number of hydrogen-bond acceptors (Lipinski definition) is 4. The summed E-state index contributed by atoms with van der Waals surface area (Å²) in [6.07, 6.45) is 0. The largest absolute Gasteiger partial charge is 0.490 e. The minimum absolute atomic E-state index is 0.0298. The normalized spacial score (nSPS) is 11.5. The first-order valence-electron chi connectivity index (χ1n) is 8.38. The molecule has 0 aliphatic heterocycles. The Hall–Kier alpha value is -2.35. The van der Waals surface area contributed by atoms with Crippen molar-refractivity contribution in [1.82, 2.24) is 10.6 Å². The Morgan fingerprint density at radius 2 is 2.04 bits per heavy atom. The molecule has 0 radical (unpaired) electrons. The van der Waals surface area contributed by atoms with Gasteiger partial charge in [-0.05, 0) is 31.4 Å². The van der Waals surface area contributed by atoms with Crippen molar-refractivity contribution in [2.75, 3.05) is 13.2 Å². The number of benzene rings is 1. The lowest BCUT2D eigenvalue weighted by Gasteiger charge is -2.15. The molecule has 1 aromatic carbocycles. The Kier molecular flexibility index (Phi) is 8.14. The fourth-order valence-electron chi connectivity index (χ4n) is 2.27. The second-order valence-corrected chi connectivity index (χ2v) is 6.22. The number of halogens is 2. The highest BCUT2D eigenvalue weighted by molar-refractivity contribution is 7.09. The van der Waals surface area contributed by atoms with Gasteiger partial charge in [-0.2, -0.15) is 8.78 Å². The van der Waals surface area contributed by atoms with Gasteiger partial charge in [0.2, 0.25) is 0 Å². The Labute approximate surface area is 156 Å². The molecule has 5 nitrogen and oxygen atoms in total. The van der Waals surface area contributed by atoms with E-state index in [1.54, 1.807) is 36.5 Å². The first kappa shape index (κ1) is 20.0. The summed E-state index contributed by atoms with van der Waals surface area (Å²) in [6, 6.07) is 9.06. The van der Waals surface area contributed by atoms with E-state index in [0.717, 1.165) is 0 Å². The van der Waals surface area contributed by atoms with Crippen LogP contribution in [0.25, 0.3) is 0 Å². The van der Waals surface area contributed by atoms with Gasteiger partial charge in [-0.25, -0.2) is 4.99 Å². The summed E-state index contributed by atoms with van der Waals surface area (Å²) in [4.78, 5) is 5.65. The molecule has 0 unspecified atom stereocenters. The summed E-state index contributed by atoms with van der Waals surface area (Å²) < 4.78 is 35.6. The smallest absolute Gasteiger partial charge is 0.387 e. The maximum Gasteiger partial charge on any atom is 0.387 e. The van der Waals surface area contributed by atoms with E-state index in [-0.39, 0.29) is 18.0 Å². The molecule has 0 spiro atoms. The summed E-state index contributed by atoms with van der Waals surface area (Å²) >= 11 is 1.65. The summed E-state index contributed by atoms with van der Waals surface area (Å²) in [5.74, 6) is 0.921. The Morgan fingerprint density at radius 3 is 2.69 bits per heavy atom. The summed E-state index contributed by atoms with van der Waals surface area (Å²) in [5, 5.41) is 8.37. The molecule has 0 bridgehead atoms. The summed E-state index contributed by atoms with van der Waals surface area (Å²) in [7, 11) is 0. The van der Waals surface area contributed by atoms with Crippen LogP contribution in [0.3, 0.4) is 0 Å². The maximum atomic E-state index is 12.8. The number of hydrogen-bond donors (Lipinski definition) is 2. The predicted molar refractivity (Wildman–Crippen MR) is 100 cm³/mol. The van der Waals surface area contributed by atoms with Crippen LogP contribution in [0.4, 0.5) is 8.78 Å². The van der Waals surface area contributed by atoms with Crippen molar-refractivity contribution < 1.29 is 18.3 Å². The topological polar surface area (TPSA) is 54.9 Å². The molecule has 0 saturated heterocycles. The molecule has 0 amide bonds. The Morgan fingerprint density at radius 1 is 1.19 bits per heavy atom. The SMILES string of the molecule is CCNC(=NCc1cccc(OCC)c1OC(F)F)NCc1cccs1. The summed E-state index contributed by atoms with van der Waals surface area (Å²) in [5.41, 5.74) is 0.532. The number of thiophene rings is 1. The third-order valence-corrected chi connectivity index (χ3v) is 4.21. The minimum atomic E-state index is -2.93. The van der Waals surface area contributed by atoms with Crippen molar-refractivity contribution in [1.29, 1.82) is 0 Å². The van der Waals surface area contributed by atoms with Gasteiger partial charge < -0.3 is 20.1 Å². The van der Waals surface area contributed by atoms with Crippen molar-refractivity contribution in [3.05, 3.63) is 46.2 Å². The zero-order valence-corrected chi connectivity index (χ0v) is 15.6. The first-order valence-corrected chi connectivity index (χ1v) is 9.26. The van der Waals surface area contributed by atoms with E-state index in [1.165, 1.54) is 4.88 Å². The predicted octanol–water partition coefficient (Wildman–Crippen LogP) is 4.00. The van der Waals surface area contributed by atoms with Gasteiger partial charge in [0.1, 0.15) is 0 Å². The van der Waals surface area contributed by atoms with Crippen molar-refractivity contribution >= 4 is 17.3 Å². The lowest BCUT2D eigenvalue weighted by molar-refractivity contribution is -0.0520. The van der Waals surface area contributed by atoms with E-state index in [2.05, 4.69) is 20.4 Å². The van der Waals surface area contributed by atoms with Crippen LogP contribution in [-0.4, -0.2) is 25.7 Å². The van der Waals surface area contributed by atoms with Crippen LogP contribution in [0.5, 0.6) is 11.5 Å². The van der Waals surface area contributed by atoms with Crippen LogP contribution in [0.15, 0.2) is 40.7 Å². The van der Waals surface area contributed by atoms with Gasteiger partial charge in [0, 0.05) is 17.0 Å². The van der Waals surface area contributed by atoms with Crippen LogP contribution in [0, 0.1) is 0 Å². The van der Waals surface area contributed by atoms with Gasteiger partial charge in [0.05, 0.1) is 19.7 Å². The molecule has 26 heavy (non-hydrogen) atoms. The van der Waals surface area contributed by atoms with Crippen molar-refractivity contribution in [3.8, 4) is 11.5 Å². The van der Waals surface area contributed by atoms with E-state index in [0.29, 0.717) is 31.2 Å². The van der Waals surface area contributed by atoms with Crippen molar-refractivity contribution in [2.45, 2.75) is 33.5 Å². The highest BCUT2D eigenvalue weighted by Crippen LogP contribution is 2.33. The zero-order chi connectivity index (χ0) is 18.8. The molecule has 142 valence electrons.